The Morgan fingerprint density at radius 1 is 1.35 bits per heavy atom. The number of carbonyl (C=O) groups excluding carboxylic acids is 3. The molecule has 2 fully saturated rings. The van der Waals surface area contributed by atoms with Crippen LogP contribution in [0.5, 0.6) is 0 Å². The Labute approximate surface area is 153 Å². The van der Waals surface area contributed by atoms with Crippen LogP contribution >= 0.6 is 0 Å². The molecule has 0 aliphatic carbocycles. The molecule has 2 heterocycles. The molecule has 1 N–H and O–H groups in total. The van der Waals surface area contributed by atoms with Gasteiger partial charge in [-0.1, -0.05) is 43.8 Å². The quantitative estimate of drug-likeness (QED) is 0.644. The fraction of sp³-hybridized carbons (Fsp3) is 0.450. The average molecular weight is 356 g/mol. The molecule has 138 valence electrons. The predicted molar refractivity (Wildman–Crippen MR) is 96.8 cm³/mol. The first kappa shape index (κ1) is 18.3. The molecule has 2 aliphatic rings. The predicted octanol–water partition coefficient (Wildman–Crippen LogP) is 1.92. The molecule has 4 atom stereocenters. The number of hydrogen-bond acceptors (Lipinski definition) is 5. The number of likely N-dealkylation sites (tertiary alicyclic amines) is 1. The second kappa shape index (κ2) is 6.68. The third kappa shape index (κ3) is 2.40. The highest BCUT2D eigenvalue weighted by Crippen LogP contribution is 2.50. The molecule has 0 radical (unpaired) electrons. The number of imide groups is 1. The van der Waals surface area contributed by atoms with Gasteiger partial charge in [-0.05, 0) is 24.5 Å². The van der Waals surface area contributed by atoms with E-state index in [4.69, 9.17) is 4.74 Å². The van der Waals surface area contributed by atoms with Gasteiger partial charge in [-0.25, -0.2) is 0 Å². The molecule has 26 heavy (non-hydrogen) atoms. The molecule has 6 nitrogen and oxygen atoms in total. The minimum absolute atomic E-state index is 0.233. The van der Waals surface area contributed by atoms with Crippen molar-refractivity contribution < 1.29 is 19.1 Å². The number of carbonyl (C=O) groups is 3. The zero-order valence-corrected chi connectivity index (χ0v) is 15.3. The van der Waals surface area contributed by atoms with Crippen molar-refractivity contribution in [1.82, 2.24) is 10.2 Å². The summed E-state index contributed by atoms with van der Waals surface area (Å²) in [4.78, 5) is 39.9. The second-order valence-electron chi connectivity index (χ2n) is 6.74. The van der Waals surface area contributed by atoms with E-state index in [2.05, 4.69) is 11.9 Å². The van der Waals surface area contributed by atoms with E-state index in [1.54, 1.807) is 13.0 Å². The minimum Gasteiger partial charge on any atom is -0.468 e. The summed E-state index contributed by atoms with van der Waals surface area (Å²) >= 11 is 0. The lowest BCUT2D eigenvalue weighted by Crippen LogP contribution is -2.55. The molecule has 2 aliphatic heterocycles. The molecule has 0 aromatic heterocycles. The van der Waals surface area contributed by atoms with Gasteiger partial charge in [0.05, 0.1) is 18.9 Å². The van der Waals surface area contributed by atoms with E-state index >= 15 is 0 Å². The molecule has 6 heteroatoms. The molecular formula is C20H24N2O4. The van der Waals surface area contributed by atoms with Crippen LogP contribution < -0.4 is 5.32 Å². The Morgan fingerprint density at radius 2 is 2.08 bits per heavy atom. The number of nitrogens with zero attached hydrogens (tertiary/aromatic N) is 1. The number of methoxy groups -OCH3 is 1. The normalized spacial score (nSPS) is 30.4. The number of nitrogens with one attached hydrogen (secondary N) is 1. The zero-order valence-electron chi connectivity index (χ0n) is 15.3. The summed E-state index contributed by atoms with van der Waals surface area (Å²) in [6.07, 6.45) is 2.08. The van der Waals surface area contributed by atoms with Gasteiger partial charge < -0.3 is 4.74 Å². The average Bonchev–Trinajstić information content (AvgIpc) is 3.15. The second-order valence-corrected chi connectivity index (χ2v) is 6.74. The van der Waals surface area contributed by atoms with Crippen molar-refractivity contribution in [1.29, 1.82) is 0 Å². The van der Waals surface area contributed by atoms with Gasteiger partial charge in [-0.15, -0.1) is 0 Å². The van der Waals surface area contributed by atoms with Crippen LogP contribution in [0.15, 0.2) is 30.8 Å². The van der Waals surface area contributed by atoms with Crippen molar-refractivity contribution in [2.45, 2.75) is 31.8 Å². The third-order valence-electron chi connectivity index (χ3n) is 5.67. The first-order chi connectivity index (χ1) is 12.4. The summed E-state index contributed by atoms with van der Waals surface area (Å²) in [6.45, 7) is 7.67. The van der Waals surface area contributed by atoms with Crippen LogP contribution in [0.25, 0.3) is 6.08 Å². The maximum atomic E-state index is 13.0. The van der Waals surface area contributed by atoms with E-state index in [0.29, 0.717) is 13.0 Å². The first-order valence-corrected chi connectivity index (χ1v) is 8.88. The minimum atomic E-state index is -1.20. The van der Waals surface area contributed by atoms with Gasteiger partial charge in [0.2, 0.25) is 11.8 Å². The SMILES string of the molecule is C=Cc1cccc([C@H]2N[C@@](CC)(C(=O)OC)[C@H]3C(=O)N(CC)C(=O)[C@@H]23)c1. The van der Waals surface area contributed by atoms with Gasteiger partial charge in [0.1, 0.15) is 5.54 Å². The van der Waals surface area contributed by atoms with Crippen LogP contribution in [-0.4, -0.2) is 41.9 Å². The number of benzene rings is 1. The molecule has 2 amide bonds. The number of rotatable bonds is 5. The Morgan fingerprint density at radius 3 is 2.65 bits per heavy atom. The lowest BCUT2D eigenvalue weighted by Gasteiger charge is -2.31. The van der Waals surface area contributed by atoms with Crippen LogP contribution in [0.3, 0.4) is 0 Å². The van der Waals surface area contributed by atoms with E-state index in [1.807, 2.05) is 31.2 Å². The topological polar surface area (TPSA) is 75.7 Å². The van der Waals surface area contributed by atoms with Crippen molar-refractivity contribution in [3.8, 4) is 0 Å². The van der Waals surface area contributed by atoms with E-state index < -0.39 is 29.4 Å². The van der Waals surface area contributed by atoms with Gasteiger partial charge in [-0.2, -0.15) is 0 Å². The fourth-order valence-corrected chi connectivity index (χ4v) is 4.38. The van der Waals surface area contributed by atoms with Crippen LogP contribution in [0, 0.1) is 11.8 Å². The summed E-state index contributed by atoms with van der Waals surface area (Å²) in [7, 11) is 1.31. The molecule has 1 aromatic rings. The lowest BCUT2D eigenvalue weighted by molar-refractivity contribution is -0.154. The third-order valence-corrected chi connectivity index (χ3v) is 5.67. The maximum absolute atomic E-state index is 13.0. The van der Waals surface area contributed by atoms with Crippen molar-refractivity contribution >= 4 is 23.9 Å². The number of hydrogen-bond donors (Lipinski definition) is 1. The highest BCUT2D eigenvalue weighted by molar-refractivity contribution is 6.09. The van der Waals surface area contributed by atoms with Crippen molar-refractivity contribution in [2.75, 3.05) is 13.7 Å². The van der Waals surface area contributed by atoms with E-state index in [0.717, 1.165) is 11.1 Å². The lowest BCUT2D eigenvalue weighted by atomic mass is 9.78. The van der Waals surface area contributed by atoms with E-state index in [1.165, 1.54) is 12.0 Å². The number of fused-ring (bicyclic) bond motifs is 1. The zero-order chi connectivity index (χ0) is 19.1. The Hall–Kier alpha value is -2.47. The molecule has 3 rings (SSSR count). The van der Waals surface area contributed by atoms with Crippen molar-refractivity contribution in [2.24, 2.45) is 11.8 Å². The van der Waals surface area contributed by atoms with Gasteiger partial charge >= 0.3 is 5.97 Å². The molecule has 0 saturated carbocycles. The van der Waals surface area contributed by atoms with E-state index in [-0.39, 0.29) is 11.8 Å². The van der Waals surface area contributed by atoms with Gasteiger partial charge in [0.15, 0.2) is 0 Å². The van der Waals surface area contributed by atoms with Crippen LogP contribution in [0.4, 0.5) is 0 Å². The van der Waals surface area contributed by atoms with Gasteiger partial charge in [-0.3, -0.25) is 24.6 Å². The summed E-state index contributed by atoms with van der Waals surface area (Å²) in [5.41, 5.74) is 0.568. The van der Waals surface area contributed by atoms with Crippen LogP contribution in [0.2, 0.25) is 0 Å². The molecule has 0 bridgehead atoms. The monoisotopic (exact) mass is 356 g/mol. The highest BCUT2D eigenvalue weighted by atomic mass is 16.5. The molecule has 0 spiro atoms. The highest BCUT2D eigenvalue weighted by Gasteiger charge is 2.67. The summed E-state index contributed by atoms with van der Waals surface area (Å²) in [5.74, 6) is -2.42. The number of esters is 1. The largest absolute Gasteiger partial charge is 0.468 e. The Balaban J connectivity index is 2.15. The number of ether oxygens (including phenoxy) is 1. The van der Waals surface area contributed by atoms with Crippen LogP contribution in [0.1, 0.15) is 37.4 Å². The van der Waals surface area contributed by atoms with Gasteiger partial charge in [0, 0.05) is 12.6 Å². The van der Waals surface area contributed by atoms with Crippen LogP contribution in [-0.2, 0) is 19.1 Å². The maximum Gasteiger partial charge on any atom is 0.326 e. The van der Waals surface area contributed by atoms with Gasteiger partial charge in [0.25, 0.3) is 0 Å². The van der Waals surface area contributed by atoms with Crippen molar-refractivity contribution in [3.63, 3.8) is 0 Å². The molecule has 0 unspecified atom stereocenters. The summed E-state index contributed by atoms with van der Waals surface area (Å²) in [6, 6.07) is 7.18. The standard InChI is InChI=1S/C20H24N2O4/c1-5-12-9-8-10-13(11-12)16-14-15(18(24)22(7-3)17(14)23)20(6-2,21-16)19(25)26-4/h5,8-11,14-16,21H,1,6-7H2,2-4H3/t14-,15-,16-,20-/m1/s1. The fourth-order valence-electron chi connectivity index (χ4n) is 4.38. The summed E-state index contributed by atoms with van der Waals surface area (Å²) < 4.78 is 5.02. The molecule has 2 saturated heterocycles. The Kier molecular flexibility index (Phi) is 4.71. The Bertz CT molecular complexity index is 775. The number of amides is 2. The van der Waals surface area contributed by atoms with E-state index in [9.17, 15) is 14.4 Å². The molecular weight excluding hydrogens is 332 g/mol. The summed E-state index contributed by atoms with van der Waals surface area (Å²) in [5, 5.41) is 3.30. The smallest absolute Gasteiger partial charge is 0.326 e. The van der Waals surface area contributed by atoms with Crippen molar-refractivity contribution in [3.05, 3.63) is 42.0 Å². The first-order valence-electron chi connectivity index (χ1n) is 8.88. The molecule has 1 aromatic carbocycles.